The summed E-state index contributed by atoms with van der Waals surface area (Å²) in [5.41, 5.74) is 0.319. The van der Waals surface area contributed by atoms with E-state index >= 15 is 0 Å². The first kappa shape index (κ1) is 14.7. The molecule has 0 aromatic heterocycles. The lowest BCUT2D eigenvalue weighted by Crippen LogP contribution is -2.19. The lowest BCUT2D eigenvalue weighted by Gasteiger charge is -2.10. The summed E-state index contributed by atoms with van der Waals surface area (Å²) in [6.07, 6.45) is 0.282. The highest BCUT2D eigenvalue weighted by molar-refractivity contribution is 7.89. The van der Waals surface area contributed by atoms with E-state index in [4.69, 9.17) is 21.8 Å². The van der Waals surface area contributed by atoms with Gasteiger partial charge >= 0.3 is 5.97 Å². The molecule has 4 N–H and O–H groups in total. The Morgan fingerprint density at radius 2 is 2.11 bits per heavy atom. The molecule has 1 aromatic rings. The Morgan fingerprint density at radius 1 is 1.44 bits per heavy atom. The minimum absolute atomic E-state index is 0.0326. The van der Waals surface area contributed by atoms with Gasteiger partial charge in [0.15, 0.2) is 0 Å². The molecule has 0 atom stereocenters. The molecule has 1 aromatic carbocycles. The molecule has 0 radical (unpaired) electrons. The van der Waals surface area contributed by atoms with Crippen LogP contribution in [0, 0.1) is 0 Å². The minimum atomic E-state index is -3.50. The van der Waals surface area contributed by atoms with E-state index in [9.17, 15) is 13.2 Å². The molecule has 0 bridgehead atoms. The first-order valence-corrected chi connectivity index (χ1v) is 7.17. The number of carboxylic acid groups (broad SMARTS) is 1. The first-order chi connectivity index (χ1) is 8.31. The third kappa shape index (κ3) is 4.52. The third-order valence-electron chi connectivity index (χ3n) is 2.15. The lowest BCUT2D eigenvalue weighted by molar-refractivity contribution is 0.0698. The number of carbonyl (C=O) groups is 1. The van der Waals surface area contributed by atoms with E-state index in [-0.39, 0.29) is 29.3 Å². The molecule has 0 amide bonds. The van der Waals surface area contributed by atoms with Crippen LogP contribution < -0.4 is 10.5 Å². The predicted octanol–water partition coefficient (Wildman–Crippen LogP) is 1.13. The maximum absolute atomic E-state index is 11.0. The highest BCUT2D eigenvalue weighted by atomic mass is 35.5. The number of primary sulfonamides is 1. The van der Waals surface area contributed by atoms with Crippen molar-refractivity contribution in [2.75, 3.05) is 17.6 Å². The smallest absolute Gasteiger partial charge is 0.339 e. The van der Waals surface area contributed by atoms with E-state index in [2.05, 4.69) is 5.32 Å². The van der Waals surface area contributed by atoms with Gasteiger partial charge in [0.1, 0.15) is 5.56 Å². The molecular formula is C10H13ClN2O4S. The van der Waals surface area contributed by atoms with E-state index < -0.39 is 16.0 Å². The summed E-state index contributed by atoms with van der Waals surface area (Å²) >= 11 is 5.77. The van der Waals surface area contributed by atoms with Crippen LogP contribution in [-0.2, 0) is 10.0 Å². The number of aromatic carboxylic acids is 1. The van der Waals surface area contributed by atoms with Gasteiger partial charge in [0.2, 0.25) is 10.0 Å². The normalized spacial score (nSPS) is 11.2. The zero-order chi connectivity index (χ0) is 13.8. The Labute approximate surface area is 110 Å². The van der Waals surface area contributed by atoms with Crippen molar-refractivity contribution in [1.82, 2.24) is 0 Å². The zero-order valence-corrected chi connectivity index (χ0v) is 11.0. The van der Waals surface area contributed by atoms with Crippen molar-refractivity contribution in [2.45, 2.75) is 6.42 Å². The predicted molar refractivity (Wildman–Crippen MR) is 69.5 cm³/mol. The molecule has 1 rings (SSSR count). The summed E-state index contributed by atoms with van der Waals surface area (Å²) in [4.78, 5) is 11.0. The summed E-state index contributed by atoms with van der Waals surface area (Å²) in [6, 6.07) is 4.64. The second-order valence-corrected chi connectivity index (χ2v) is 5.76. The topological polar surface area (TPSA) is 109 Å². The van der Waals surface area contributed by atoms with Gasteiger partial charge in [-0.1, -0.05) is 17.7 Å². The van der Waals surface area contributed by atoms with E-state index in [0.29, 0.717) is 5.69 Å². The Kier molecular flexibility index (Phi) is 4.94. The van der Waals surface area contributed by atoms with Gasteiger partial charge in [-0.2, -0.15) is 0 Å². The fourth-order valence-electron chi connectivity index (χ4n) is 1.39. The van der Waals surface area contributed by atoms with Crippen molar-refractivity contribution in [2.24, 2.45) is 5.14 Å². The van der Waals surface area contributed by atoms with E-state index in [0.717, 1.165) is 0 Å². The maximum Gasteiger partial charge on any atom is 0.339 e. The lowest BCUT2D eigenvalue weighted by atomic mass is 10.1. The number of nitrogens with two attached hydrogens (primary N) is 1. The largest absolute Gasteiger partial charge is 0.478 e. The van der Waals surface area contributed by atoms with Gasteiger partial charge < -0.3 is 10.4 Å². The Balaban J connectivity index is 2.68. The average molecular weight is 293 g/mol. The van der Waals surface area contributed by atoms with Gasteiger partial charge in [0.25, 0.3) is 0 Å². The van der Waals surface area contributed by atoms with Crippen LogP contribution >= 0.6 is 11.6 Å². The molecule has 18 heavy (non-hydrogen) atoms. The number of anilines is 1. The summed E-state index contributed by atoms with van der Waals surface area (Å²) in [6.45, 7) is 0.289. The molecule has 6 nitrogen and oxygen atoms in total. The number of halogens is 1. The molecule has 0 aliphatic rings. The van der Waals surface area contributed by atoms with E-state index in [1.807, 2.05) is 0 Å². The molecule has 0 heterocycles. The van der Waals surface area contributed by atoms with Gasteiger partial charge in [-0.25, -0.2) is 18.4 Å². The Hall–Kier alpha value is -1.31. The van der Waals surface area contributed by atoms with Gasteiger partial charge in [0.05, 0.1) is 16.5 Å². The summed E-state index contributed by atoms with van der Waals surface area (Å²) in [5.74, 6) is -1.31. The van der Waals surface area contributed by atoms with Crippen LogP contribution in [0.1, 0.15) is 16.8 Å². The number of benzene rings is 1. The van der Waals surface area contributed by atoms with E-state index in [1.165, 1.54) is 6.07 Å². The van der Waals surface area contributed by atoms with Crippen LogP contribution in [0.15, 0.2) is 18.2 Å². The average Bonchev–Trinajstić information content (AvgIpc) is 2.22. The maximum atomic E-state index is 11.0. The van der Waals surface area contributed by atoms with Gasteiger partial charge in [-0.15, -0.1) is 0 Å². The standard InChI is InChI=1S/C10H13ClN2O4S/c11-7-3-1-4-8(9(7)10(14)15)13-5-2-6-18(12,16)17/h1,3-4,13H,2,5-6H2,(H,14,15)(H2,12,16,17). The molecule has 0 spiro atoms. The monoisotopic (exact) mass is 292 g/mol. The first-order valence-electron chi connectivity index (χ1n) is 5.07. The quantitative estimate of drug-likeness (QED) is 0.681. The van der Waals surface area contributed by atoms with Crippen molar-refractivity contribution in [3.8, 4) is 0 Å². The van der Waals surface area contributed by atoms with Crippen LogP contribution in [0.5, 0.6) is 0 Å². The van der Waals surface area contributed by atoms with Crippen molar-refractivity contribution in [1.29, 1.82) is 0 Å². The van der Waals surface area contributed by atoms with Crippen LogP contribution in [0.25, 0.3) is 0 Å². The summed E-state index contributed by atoms with van der Waals surface area (Å²) < 4.78 is 21.4. The van der Waals surface area contributed by atoms with Crippen molar-refractivity contribution >= 4 is 33.3 Å². The number of nitrogens with one attached hydrogen (secondary N) is 1. The van der Waals surface area contributed by atoms with Crippen LogP contribution in [0.3, 0.4) is 0 Å². The van der Waals surface area contributed by atoms with Crippen LogP contribution in [0.4, 0.5) is 5.69 Å². The van der Waals surface area contributed by atoms with Crippen LogP contribution in [-0.4, -0.2) is 31.8 Å². The Bertz CT molecular complexity index is 545. The molecule has 0 unspecified atom stereocenters. The third-order valence-corrected chi connectivity index (χ3v) is 3.32. The van der Waals surface area contributed by atoms with Gasteiger partial charge in [0, 0.05) is 6.54 Å². The molecular weight excluding hydrogens is 280 g/mol. The highest BCUT2D eigenvalue weighted by Crippen LogP contribution is 2.24. The van der Waals surface area contributed by atoms with Crippen molar-refractivity contribution < 1.29 is 18.3 Å². The molecule has 100 valence electrons. The van der Waals surface area contributed by atoms with Gasteiger partial charge in [-0.3, -0.25) is 0 Å². The Morgan fingerprint density at radius 3 is 2.67 bits per heavy atom. The summed E-state index contributed by atoms with van der Waals surface area (Å²) in [5, 5.41) is 16.8. The SMILES string of the molecule is NS(=O)(=O)CCCNc1cccc(Cl)c1C(=O)O. The molecule has 0 fully saturated rings. The second kappa shape index (κ2) is 6.03. The highest BCUT2D eigenvalue weighted by Gasteiger charge is 2.13. The fourth-order valence-corrected chi connectivity index (χ4v) is 2.19. The molecule has 0 aliphatic heterocycles. The second-order valence-electron chi connectivity index (χ2n) is 3.61. The number of carboxylic acids is 1. The number of sulfonamides is 1. The molecule has 0 saturated heterocycles. The van der Waals surface area contributed by atoms with E-state index in [1.54, 1.807) is 12.1 Å². The molecule has 0 aliphatic carbocycles. The minimum Gasteiger partial charge on any atom is -0.478 e. The number of rotatable bonds is 6. The summed E-state index contributed by atoms with van der Waals surface area (Å²) in [7, 11) is -3.50. The molecule has 8 heteroatoms. The fraction of sp³-hybridized carbons (Fsp3) is 0.300. The van der Waals surface area contributed by atoms with Gasteiger partial charge in [-0.05, 0) is 18.6 Å². The van der Waals surface area contributed by atoms with Crippen LogP contribution in [0.2, 0.25) is 5.02 Å². The van der Waals surface area contributed by atoms with Crippen molar-refractivity contribution in [3.05, 3.63) is 28.8 Å². The number of hydrogen-bond donors (Lipinski definition) is 3. The molecule has 0 saturated carbocycles. The number of hydrogen-bond acceptors (Lipinski definition) is 4. The zero-order valence-electron chi connectivity index (χ0n) is 9.39. The van der Waals surface area contributed by atoms with Crippen molar-refractivity contribution in [3.63, 3.8) is 0 Å².